The van der Waals surface area contributed by atoms with Crippen molar-refractivity contribution >= 4 is 33.8 Å². The summed E-state index contributed by atoms with van der Waals surface area (Å²) in [5.74, 6) is -0.555. The summed E-state index contributed by atoms with van der Waals surface area (Å²) in [5.41, 5.74) is 3.41. The second kappa shape index (κ2) is 7.92. The lowest BCUT2D eigenvalue weighted by atomic mass is 10.0. The standard InChI is InChI=1S/C27H26N2O3/c1-17-11-13-21(14-12-17)24-25(28-15-18(2)32-19(3)16-28)27(31)29(26(24)30)23-10-6-8-20-7-4-5-9-22(20)23/h4-14,18-19H,15-16H2,1-3H3. The normalized spacial score (nSPS) is 21.7. The van der Waals surface area contributed by atoms with Crippen LogP contribution in [0.25, 0.3) is 16.3 Å². The van der Waals surface area contributed by atoms with E-state index in [1.807, 2.05) is 92.4 Å². The molecule has 0 radical (unpaired) electrons. The molecule has 3 aromatic rings. The third-order valence-corrected chi connectivity index (χ3v) is 6.14. The van der Waals surface area contributed by atoms with E-state index in [0.717, 1.165) is 21.9 Å². The summed E-state index contributed by atoms with van der Waals surface area (Å²) in [6, 6.07) is 21.4. The quantitative estimate of drug-likeness (QED) is 0.577. The maximum atomic E-state index is 13.9. The highest BCUT2D eigenvalue weighted by Gasteiger charge is 2.44. The van der Waals surface area contributed by atoms with Crippen LogP contribution >= 0.6 is 0 Å². The largest absolute Gasteiger partial charge is 0.372 e. The fourth-order valence-electron chi connectivity index (χ4n) is 4.77. The van der Waals surface area contributed by atoms with Gasteiger partial charge in [0.2, 0.25) is 0 Å². The van der Waals surface area contributed by atoms with Gasteiger partial charge in [-0.2, -0.15) is 0 Å². The lowest BCUT2D eigenvalue weighted by Gasteiger charge is -2.37. The molecule has 162 valence electrons. The molecule has 3 aromatic carbocycles. The highest BCUT2D eigenvalue weighted by molar-refractivity contribution is 6.46. The molecule has 2 unspecified atom stereocenters. The minimum atomic E-state index is -0.281. The van der Waals surface area contributed by atoms with Crippen molar-refractivity contribution in [2.24, 2.45) is 0 Å². The minimum absolute atomic E-state index is 0.0278. The van der Waals surface area contributed by atoms with Gasteiger partial charge in [0.05, 0.1) is 23.5 Å². The number of imide groups is 1. The van der Waals surface area contributed by atoms with E-state index in [4.69, 9.17) is 4.74 Å². The number of amides is 2. The van der Waals surface area contributed by atoms with Crippen molar-refractivity contribution in [3.63, 3.8) is 0 Å². The van der Waals surface area contributed by atoms with E-state index in [-0.39, 0.29) is 24.0 Å². The van der Waals surface area contributed by atoms with E-state index in [1.54, 1.807) is 0 Å². The lowest BCUT2D eigenvalue weighted by molar-refractivity contribution is -0.121. The Bertz CT molecular complexity index is 1230. The summed E-state index contributed by atoms with van der Waals surface area (Å²) in [7, 11) is 0. The van der Waals surface area contributed by atoms with Gasteiger partial charge in [-0.05, 0) is 37.8 Å². The number of hydrogen-bond donors (Lipinski definition) is 0. The fraction of sp³-hybridized carbons (Fsp3) is 0.259. The number of anilines is 1. The highest BCUT2D eigenvalue weighted by Crippen LogP contribution is 2.38. The minimum Gasteiger partial charge on any atom is -0.372 e. The second-order valence-electron chi connectivity index (χ2n) is 8.70. The van der Waals surface area contributed by atoms with Crippen LogP contribution in [0.3, 0.4) is 0 Å². The first-order valence-corrected chi connectivity index (χ1v) is 11.0. The van der Waals surface area contributed by atoms with Gasteiger partial charge in [-0.3, -0.25) is 9.59 Å². The predicted molar refractivity (Wildman–Crippen MR) is 126 cm³/mol. The maximum absolute atomic E-state index is 13.9. The van der Waals surface area contributed by atoms with Crippen LogP contribution in [-0.2, 0) is 14.3 Å². The number of hydrogen-bond acceptors (Lipinski definition) is 4. The van der Waals surface area contributed by atoms with E-state index >= 15 is 0 Å². The Labute approximate surface area is 187 Å². The van der Waals surface area contributed by atoms with Gasteiger partial charge in [0.15, 0.2) is 0 Å². The molecule has 0 aromatic heterocycles. The van der Waals surface area contributed by atoms with Crippen LogP contribution in [0.5, 0.6) is 0 Å². The van der Waals surface area contributed by atoms with E-state index in [1.165, 1.54) is 4.90 Å². The van der Waals surface area contributed by atoms with Crippen molar-refractivity contribution in [2.75, 3.05) is 18.0 Å². The van der Waals surface area contributed by atoms with E-state index in [9.17, 15) is 9.59 Å². The van der Waals surface area contributed by atoms with Gasteiger partial charge in [-0.25, -0.2) is 4.90 Å². The summed E-state index contributed by atoms with van der Waals surface area (Å²) in [6.45, 7) is 7.14. The zero-order valence-corrected chi connectivity index (χ0v) is 18.5. The van der Waals surface area contributed by atoms with Crippen LogP contribution < -0.4 is 4.90 Å². The van der Waals surface area contributed by atoms with Gasteiger partial charge < -0.3 is 9.64 Å². The van der Waals surface area contributed by atoms with Crippen LogP contribution in [0, 0.1) is 6.92 Å². The van der Waals surface area contributed by atoms with Crippen molar-refractivity contribution < 1.29 is 14.3 Å². The van der Waals surface area contributed by atoms with Crippen LogP contribution in [0.4, 0.5) is 5.69 Å². The lowest BCUT2D eigenvalue weighted by Crippen LogP contribution is -2.47. The molecule has 5 rings (SSSR count). The second-order valence-corrected chi connectivity index (χ2v) is 8.70. The summed E-state index contributed by atoms with van der Waals surface area (Å²) in [6.07, 6.45) is -0.0555. The van der Waals surface area contributed by atoms with E-state index < -0.39 is 0 Å². The summed E-state index contributed by atoms with van der Waals surface area (Å²) >= 11 is 0. The van der Waals surface area contributed by atoms with Crippen LogP contribution in [-0.4, -0.2) is 42.0 Å². The third-order valence-electron chi connectivity index (χ3n) is 6.14. The summed E-state index contributed by atoms with van der Waals surface area (Å²) < 4.78 is 5.89. The maximum Gasteiger partial charge on any atom is 0.282 e. The molecule has 0 aliphatic carbocycles. The van der Waals surface area contributed by atoms with Crippen molar-refractivity contribution in [2.45, 2.75) is 33.0 Å². The van der Waals surface area contributed by atoms with Gasteiger partial charge >= 0.3 is 0 Å². The predicted octanol–water partition coefficient (Wildman–Crippen LogP) is 4.54. The zero-order valence-electron chi connectivity index (χ0n) is 18.5. The summed E-state index contributed by atoms with van der Waals surface area (Å²) in [5, 5.41) is 1.87. The molecule has 2 heterocycles. The number of carbonyl (C=O) groups is 2. The molecule has 2 aliphatic rings. The average Bonchev–Trinajstić information content (AvgIpc) is 3.03. The van der Waals surface area contributed by atoms with Gasteiger partial charge in [0.25, 0.3) is 11.8 Å². The molecular weight excluding hydrogens is 400 g/mol. The Balaban J connectivity index is 1.67. The Morgan fingerprint density at radius 3 is 2.19 bits per heavy atom. The molecule has 5 heteroatoms. The SMILES string of the molecule is Cc1ccc(C2=C(N3CC(C)OC(C)C3)C(=O)N(c3cccc4ccccc34)C2=O)cc1. The molecule has 2 aliphatic heterocycles. The van der Waals surface area contributed by atoms with Crippen LogP contribution in [0.2, 0.25) is 0 Å². The molecule has 0 bridgehead atoms. The van der Waals surface area contributed by atoms with Crippen molar-refractivity contribution in [3.8, 4) is 0 Å². The molecule has 1 fully saturated rings. The van der Waals surface area contributed by atoms with Gasteiger partial charge in [-0.15, -0.1) is 0 Å². The molecule has 0 spiro atoms. The van der Waals surface area contributed by atoms with E-state index in [2.05, 4.69) is 0 Å². The molecule has 1 saturated heterocycles. The first-order valence-electron chi connectivity index (χ1n) is 11.0. The van der Waals surface area contributed by atoms with Gasteiger partial charge in [0, 0.05) is 18.5 Å². The number of ether oxygens (including phenoxy) is 1. The van der Waals surface area contributed by atoms with Crippen molar-refractivity contribution in [1.82, 2.24) is 4.90 Å². The monoisotopic (exact) mass is 426 g/mol. The molecule has 5 nitrogen and oxygen atoms in total. The first-order chi connectivity index (χ1) is 15.4. The number of benzene rings is 3. The smallest absolute Gasteiger partial charge is 0.282 e. The number of morpholine rings is 1. The molecule has 2 amide bonds. The van der Waals surface area contributed by atoms with Gasteiger partial charge in [0.1, 0.15) is 5.70 Å². The third kappa shape index (κ3) is 3.39. The number of aryl methyl sites for hydroxylation is 1. The summed E-state index contributed by atoms with van der Waals surface area (Å²) in [4.78, 5) is 31.1. The topological polar surface area (TPSA) is 49.9 Å². The zero-order chi connectivity index (χ0) is 22.4. The molecule has 0 N–H and O–H groups in total. The molecule has 0 saturated carbocycles. The molecular formula is C27H26N2O3. The average molecular weight is 427 g/mol. The number of rotatable bonds is 3. The van der Waals surface area contributed by atoms with Crippen molar-refractivity contribution in [1.29, 1.82) is 0 Å². The van der Waals surface area contributed by atoms with Crippen LogP contribution in [0.15, 0.2) is 72.4 Å². The highest BCUT2D eigenvalue weighted by atomic mass is 16.5. The Morgan fingerprint density at radius 2 is 1.47 bits per heavy atom. The molecule has 2 atom stereocenters. The first kappa shape index (κ1) is 20.5. The molecule has 32 heavy (non-hydrogen) atoms. The fourth-order valence-corrected chi connectivity index (χ4v) is 4.77. The van der Waals surface area contributed by atoms with Crippen LogP contribution in [0.1, 0.15) is 25.0 Å². The number of nitrogens with zero attached hydrogens (tertiary/aromatic N) is 2. The number of carbonyl (C=O) groups excluding carboxylic acids is 2. The Hall–Kier alpha value is -3.44. The number of fused-ring (bicyclic) bond motifs is 1. The Kier molecular flexibility index (Phi) is 5.06. The Morgan fingerprint density at radius 1 is 0.812 bits per heavy atom. The van der Waals surface area contributed by atoms with Gasteiger partial charge in [-0.1, -0.05) is 66.2 Å². The van der Waals surface area contributed by atoms with Crippen molar-refractivity contribution in [3.05, 3.63) is 83.6 Å². The van der Waals surface area contributed by atoms with E-state index in [0.29, 0.717) is 30.0 Å².